The SMILES string of the molecule is CC[C@H]1O[C@@H]2OC3(CCCCC3)O[C@@H]2[C@H]1OCc1ccoc1F. The summed E-state index contributed by atoms with van der Waals surface area (Å²) in [4.78, 5) is 0. The van der Waals surface area contributed by atoms with Gasteiger partial charge < -0.3 is 23.4 Å². The molecule has 0 amide bonds. The fraction of sp³-hybridized carbons (Fsp3) is 0.765. The summed E-state index contributed by atoms with van der Waals surface area (Å²) in [5.41, 5.74) is 0.412. The van der Waals surface area contributed by atoms with Crippen molar-refractivity contribution in [1.29, 1.82) is 0 Å². The van der Waals surface area contributed by atoms with E-state index in [1.807, 2.05) is 6.92 Å². The highest BCUT2D eigenvalue weighted by Crippen LogP contribution is 2.46. The lowest BCUT2D eigenvalue weighted by atomic mass is 9.94. The predicted molar refractivity (Wildman–Crippen MR) is 78.0 cm³/mol. The third kappa shape index (κ3) is 2.82. The van der Waals surface area contributed by atoms with Crippen molar-refractivity contribution in [3.8, 4) is 0 Å². The van der Waals surface area contributed by atoms with Crippen LogP contribution in [-0.2, 0) is 25.6 Å². The molecule has 0 N–H and O–H groups in total. The van der Waals surface area contributed by atoms with Gasteiger partial charge in [0, 0.05) is 12.8 Å². The topological polar surface area (TPSA) is 50.1 Å². The lowest BCUT2D eigenvalue weighted by Gasteiger charge is -2.34. The van der Waals surface area contributed by atoms with Gasteiger partial charge in [-0.3, -0.25) is 0 Å². The normalized spacial score (nSPS) is 35.7. The smallest absolute Gasteiger partial charge is 0.283 e. The molecule has 3 aliphatic rings. The van der Waals surface area contributed by atoms with E-state index in [1.54, 1.807) is 6.07 Å². The largest absolute Gasteiger partial charge is 0.439 e. The van der Waals surface area contributed by atoms with Crippen molar-refractivity contribution in [3.05, 3.63) is 23.9 Å². The summed E-state index contributed by atoms with van der Waals surface area (Å²) < 4.78 is 42.4. The van der Waals surface area contributed by atoms with E-state index < -0.39 is 11.8 Å². The second-order valence-electron chi connectivity index (χ2n) is 6.62. The zero-order chi connectivity index (χ0) is 15.9. The third-order valence-electron chi connectivity index (χ3n) is 5.09. The maximum atomic E-state index is 13.4. The van der Waals surface area contributed by atoms with Crippen LogP contribution in [0.2, 0.25) is 0 Å². The van der Waals surface area contributed by atoms with Crippen LogP contribution < -0.4 is 0 Å². The predicted octanol–water partition coefficient (Wildman–Crippen LogP) is 3.51. The summed E-state index contributed by atoms with van der Waals surface area (Å²) in [5.74, 6) is -0.505. The van der Waals surface area contributed by atoms with E-state index in [0.717, 1.165) is 32.1 Å². The van der Waals surface area contributed by atoms with Gasteiger partial charge in [0.2, 0.25) is 0 Å². The number of furan rings is 1. The zero-order valence-electron chi connectivity index (χ0n) is 13.3. The molecular weight excluding hydrogens is 303 g/mol. The fourth-order valence-electron chi connectivity index (χ4n) is 3.86. The molecule has 128 valence electrons. The highest BCUT2D eigenvalue weighted by molar-refractivity contribution is 5.06. The van der Waals surface area contributed by atoms with Gasteiger partial charge >= 0.3 is 0 Å². The molecule has 1 aliphatic carbocycles. The minimum atomic E-state index is -0.596. The fourth-order valence-corrected chi connectivity index (χ4v) is 3.86. The van der Waals surface area contributed by atoms with E-state index in [0.29, 0.717) is 5.56 Å². The van der Waals surface area contributed by atoms with Crippen LogP contribution in [0, 0.1) is 6.01 Å². The van der Waals surface area contributed by atoms with Crippen LogP contribution in [0.5, 0.6) is 0 Å². The molecule has 2 saturated heterocycles. The van der Waals surface area contributed by atoms with Crippen LogP contribution in [0.3, 0.4) is 0 Å². The van der Waals surface area contributed by atoms with E-state index in [2.05, 4.69) is 4.42 Å². The standard InChI is InChI=1S/C17H23FO5/c1-2-12-13(20-10-11-6-9-19-15(11)18)14-16(21-12)23-17(22-14)7-4-3-5-8-17/h6,9,12-14,16H,2-5,7-8,10H2,1H3/t12-,13+,14-,16-/m1/s1. The third-order valence-corrected chi connectivity index (χ3v) is 5.09. The average Bonchev–Trinajstić information content (AvgIpc) is 3.19. The molecule has 0 unspecified atom stereocenters. The van der Waals surface area contributed by atoms with E-state index in [4.69, 9.17) is 18.9 Å². The number of hydrogen-bond donors (Lipinski definition) is 0. The lowest BCUT2D eigenvalue weighted by Crippen LogP contribution is -2.39. The number of hydrogen-bond acceptors (Lipinski definition) is 5. The molecular formula is C17H23FO5. The first-order valence-corrected chi connectivity index (χ1v) is 8.55. The molecule has 1 saturated carbocycles. The molecule has 5 nitrogen and oxygen atoms in total. The second-order valence-corrected chi connectivity index (χ2v) is 6.62. The van der Waals surface area contributed by atoms with Crippen LogP contribution in [0.15, 0.2) is 16.7 Å². The molecule has 1 aromatic heterocycles. The Hall–Kier alpha value is -0.950. The highest BCUT2D eigenvalue weighted by atomic mass is 19.1. The highest BCUT2D eigenvalue weighted by Gasteiger charge is 2.57. The van der Waals surface area contributed by atoms with Gasteiger partial charge in [0.05, 0.1) is 24.5 Å². The molecule has 1 spiro atoms. The van der Waals surface area contributed by atoms with Gasteiger partial charge in [0.1, 0.15) is 12.2 Å². The van der Waals surface area contributed by atoms with E-state index in [-0.39, 0.29) is 31.2 Å². The molecule has 6 heteroatoms. The summed E-state index contributed by atoms with van der Waals surface area (Å²) in [6.07, 6.45) is 6.42. The Morgan fingerprint density at radius 3 is 2.78 bits per heavy atom. The summed E-state index contributed by atoms with van der Waals surface area (Å²) in [6, 6.07) is 0.985. The van der Waals surface area contributed by atoms with E-state index >= 15 is 0 Å². The van der Waals surface area contributed by atoms with Crippen molar-refractivity contribution in [1.82, 2.24) is 0 Å². The van der Waals surface area contributed by atoms with Crippen LogP contribution in [-0.4, -0.2) is 30.4 Å². The summed E-state index contributed by atoms with van der Waals surface area (Å²) in [6.45, 7) is 2.18. The Bertz CT molecular complexity index is 539. The van der Waals surface area contributed by atoms with Crippen molar-refractivity contribution in [2.45, 2.75) is 82.4 Å². The number of ether oxygens (including phenoxy) is 4. The first-order valence-electron chi connectivity index (χ1n) is 8.55. The Kier molecular flexibility index (Phi) is 4.17. The Morgan fingerprint density at radius 2 is 2.09 bits per heavy atom. The van der Waals surface area contributed by atoms with Crippen molar-refractivity contribution in [2.75, 3.05) is 0 Å². The molecule has 4 atom stereocenters. The molecule has 0 aromatic carbocycles. The van der Waals surface area contributed by atoms with Crippen molar-refractivity contribution < 1.29 is 27.8 Å². The number of rotatable bonds is 4. The van der Waals surface area contributed by atoms with Gasteiger partial charge in [0.25, 0.3) is 6.01 Å². The zero-order valence-corrected chi connectivity index (χ0v) is 13.3. The van der Waals surface area contributed by atoms with Crippen LogP contribution in [0.4, 0.5) is 4.39 Å². The van der Waals surface area contributed by atoms with Crippen LogP contribution >= 0.6 is 0 Å². The summed E-state index contributed by atoms with van der Waals surface area (Å²) >= 11 is 0. The average molecular weight is 326 g/mol. The quantitative estimate of drug-likeness (QED) is 0.847. The van der Waals surface area contributed by atoms with Gasteiger partial charge in [-0.25, -0.2) is 0 Å². The van der Waals surface area contributed by atoms with Crippen LogP contribution in [0.25, 0.3) is 0 Å². The second kappa shape index (κ2) is 6.16. The van der Waals surface area contributed by atoms with E-state index in [9.17, 15) is 4.39 Å². The lowest BCUT2D eigenvalue weighted by molar-refractivity contribution is -0.249. The summed E-state index contributed by atoms with van der Waals surface area (Å²) in [7, 11) is 0. The van der Waals surface area contributed by atoms with Gasteiger partial charge in [-0.05, 0) is 25.3 Å². The molecule has 0 bridgehead atoms. The Morgan fingerprint density at radius 1 is 1.26 bits per heavy atom. The minimum Gasteiger partial charge on any atom is -0.439 e. The van der Waals surface area contributed by atoms with Gasteiger partial charge in [-0.1, -0.05) is 13.3 Å². The van der Waals surface area contributed by atoms with Crippen LogP contribution in [0.1, 0.15) is 51.0 Å². The minimum absolute atomic E-state index is 0.0964. The van der Waals surface area contributed by atoms with Crippen molar-refractivity contribution in [2.24, 2.45) is 0 Å². The van der Waals surface area contributed by atoms with Gasteiger partial charge in [-0.2, -0.15) is 4.39 Å². The molecule has 23 heavy (non-hydrogen) atoms. The molecule has 3 fully saturated rings. The number of fused-ring (bicyclic) bond motifs is 1. The monoisotopic (exact) mass is 326 g/mol. The van der Waals surface area contributed by atoms with Crippen molar-refractivity contribution >= 4 is 0 Å². The summed E-state index contributed by atoms with van der Waals surface area (Å²) in [5, 5.41) is 0. The Labute approximate surface area is 135 Å². The number of halogens is 1. The molecule has 1 aromatic rings. The van der Waals surface area contributed by atoms with Gasteiger partial charge in [0.15, 0.2) is 12.1 Å². The maximum Gasteiger partial charge on any atom is 0.283 e. The van der Waals surface area contributed by atoms with Crippen molar-refractivity contribution in [3.63, 3.8) is 0 Å². The molecule has 3 heterocycles. The molecule has 0 radical (unpaired) electrons. The Balaban J connectivity index is 1.45. The maximum absolute atomic E-state index is 13.4. The first kappa shape index (κ1) is 15.6. The first-order chi connectivity index (χ1) is 11.2. The molecule has 2 aliphatic heterocycles. The van der Waals surface area contributed by atoms with E-state index in [1.165, 1.54) is 12.7 Å². The van der Waals surface area contributed by atoms with Gasteiger partial charge in [-0.15, -0.1) is 0 Å². The molecule has 4 rings (SSSR count).